The fraction of sp³-hybridized carbons (Fsp3) is 0.786. The molecule has 1 aromatic heterocycles. The standard InChI is InChI=1S/C14H24N2OS2/c1-13(2,3)11-9-19-12(16-11)14(5-8-18-10-14)15-6-7-17-4/h9,15H,5-8,10H2,1-4H3. The lowest BCUT2D eigenvalue weighted by Gasteiger charge is -2.27. The Kier molecular flexibility index (Phi) is 4.93. The van der Waals surface area contributed by atoms with E-state index in [9.17, 15) is 0 Å². The van der Waals surface area contributed by atoms with Crippen molar-refractivity contribution >= 4 is 23.1 Å². The number of aromatic nitrogens is 1. The first-order valence-corrected chi connectivity index (χ1v) is 8.80. The highest BCUT2D eigenvalue weighted by molar-refractivity contribution is 7.99. The molecular formula is C14H24N2OS2. The smallest absolute Gasteiger partial charge is 0.114 e. The van der Waals surface area contributed by atoms with E-state index in [1.165, 1.54) is 22.9 Å². The number of nitrogens with one attached hydrogen (secondary N) is 1. The predicted molar refractivity (Wildman–Crippen MR) is 84.3 cm³/mol. The lowest BCUT2D eigenvalue weighted by Crippen LogP contribution is -2.44. The molecule has 0 aliphatic carbocycles. The van der Waals surface area contributed by atoms with Crippen molar-refractivity contribution in [3.63, 3.8) is 0 Å². The van der Waals surface area contributed by atoms with Crippen molar-refractivity contribution in [2.24, 2.45) is 0 Å². The molecule has 0 amide bonds. The van der Waals surface area contributed by atoms with Crippen LogP contribution < -0.4 is 5.32 Å². The van der Waals surface area contributed by atoms with Gasteiger partial charge < -0.3 is 10.1 Å². The number of thiazole rings is 1. The van der Waals surface area contributed by atoms with E-state index in [0.717, 1.165) is 18.9 Å². The van der Waals surface area contributed by atoms with Gasteiger partial charge in [0.1, 0.15) is 5.01 Å². The SMILES string of the molecule is COCCNC1(c2nc(C(C)(C)C)cs2)CCSC1. The van der Waals surface area contributed by atoms with Gasteiger partial charge in [0.05, 0.1) is 17.8 Å². The van der Waals surface area contributed by atoms with Gasteiger partial charge in [-0.05, 0) is 12.2 Å². The third kappa shape index (κ3) is 3.51. The Balaban J connectivity index is 2.17. The topological polar surface area (TPSA) is 34.1 Å². The highest BCUT2D eigenvalue weighted by atomic mass is 32.2. The molecule has 2 heterocycles. The van der Waals surface area contributed by atoms with Crippen LogP contribution in [-0.4, -0.2) is 36.8 Å². The number of nitrogens with zero attached hydrogens (tertiary/aromatic N) is 1. The highest BCUT2D eigenvalue weighted by Gasteiger charge is 2.38. The van der Waals surface area contributed by atoms with Gasteiger partial charge in [-0.25, -0.2) is 4.98 Å². The monoisotopic (exact) mass is 300 g/mol. The Hall–Kier alpha value is -0.100. The van der Waals surface area contributed by atoms with E-state index in [1.807, 2.05) is 11.8 Å². The van der Waals surface area contributed by atoms with Crippen molar-refractivity contribution < 1.29 is 4.74 Å². The summed E-state index contributed by atoms with van der Waals surface area (Å²) in [5.74, 6) is 2.33. The molecule has 1 atom stereocenters. The summed E-state index contributed by atoms with van der Waals surface area (Å²) in [7, 11) is 1.75. The second kappa shape index (κ2) is 6.12. The van der Waals surface area contributed by atoms with E-state index in [1.54, 1.807) is 18.4 Å². The molecule has 3 nitrogen and oxygen atoms in total. The lowest BCUT2D eigenvalue weighted by molar-refractivity contribution is 0.187. The first kappa shape index (κ1) is 15.3. The van der Waals surface area contributed by atoms with Crippen LogP contribution in [0.3, 0.4) is 0 Å². The quantitative estimate of drug-likeness (QED) is 0.848. The van der Waals surface area contributed by atoms with Crippen molar-refractivity contribution in [3.8, 4) is 0 Å². The molecule has 2 rings (SSSR count). The first-order chi connectivity index (χ1) is 8.98. The zero-order chi connectivity index (χ0) is 13.9. The third-order valence-corrected chi connectivity index (χ3v) is 5.71. The number of rotatable bonds is 5. The van der Waals surface area contributed by atoms with Gasteiger partial charge in [-0.1, -0.05) is 20.8 Å². The second-order valence-corrected chi connectivity index (χ2v) is 8.06. The summed E-state index contributed by atoms with van der Waals surface area (Å²) in [5.41, 5.74) is 1.41. The molecule has 5 heteroatoms. The Morgan fingerprint density at radius 2 is 2.26 bits per heavy atom. The summed E-state index contributed by atoms with van der Waals surface area (Å²) in [5, 5.41) is 7.15. The Morgan fingerprint density at radius 3 is 2.79 bits per heavy atom. The maximum absolute atomic E-state index is 5.16. The van der Waals surface area contributed by atoms with E-state index in [4.69, 9.17) is 9.72 Å². The van der Waals surface area contributed by atoms with Crippen molar-refractivity contribution in [2.45, 2.75) is 38.1 Å². The molecular weight excluding hydrogens is 276 g/mol. The lowest BCUT2D eigenvalue weighted by atomic mass is 9.93. The highest BCUT2D eigenvalue weighted by Crippen LogP contribution is 2.39. The molecule has 1 unspecified atom stereocenters. The van der Waals surface area contributed by atoms with E-state index in [2.05, 4.69) is 31.5 Å². The minimum absolute atomic E-state index is 0.0668. The maximum atomic E-state index is 5.16. The molecule has 0 spiro atoms. The number of thioether (sulfide) groups is 1. The van der Waals surface area contributed by atoms with Gasteiger partial charge in [0.2, 0.25) is 0 Å². The van der Waals surface area contributed by atoms with Crippen LogP contribution in [-0.2, 0) is 15.7 Å². The van der Waals surface area contributed by atoms with Crippen LogP contribution in [0.2, 0.25) is 0 Å². The average molecular weight is 300 g/mol. The van der Waals surface area contributed by atoms with Crippen LogP contribution >= 0.6 is 23.1 Å². The van der Waals surface area contributed by atoms with Gasteiger partial charge in [0.25, 0.3) is 0 Å². The predicted octanol–water partition coefficient (Wildman–Crippen LogP) is 3.01. The first-order valence-electron chi connectivity index (χ1n) is 6.76. The third-order valence-electron chi connectivity index (χ3n) is 3.47. The fourth-order valence-corrected chi connectivity index (χ4v) is 4.89. The molecule has 1 N–H and O–H groups in total. The van der Waals surface area contributed by atoms with Gasteiger partial charge >= 0.3 is 0 Å². The Labute approximate surface area is 124 Å². The Morgan fingerprint density at radius 1 is 1.47 bits per heavy atom. The molecule has 1 saturated heterocycles. The normalized spacial score (nSPS) is 24.0. The molecule has 1 fully saturated rings. The number of hydrogen-bond donors (Lipinski definition) is 1. The molecule has 1 aromatic rings. The maximum Gasteiger partial charge on any atom is 0.114 e. The van der Waals surface area contributed by atoms with Crippen molar-refractivity contribution in [2.75, 3.05) is 31.8 Å². The van der Waals surface area contributed by atoms with Crippen molar-refractivity contribution in [1.29, 1.82) is 0 Å². The molecule has 108 valence electrons. The Bertz CT molecular complexity index is 406. The van der Waals surface area contributed by atoms with E-state index < -0.39 is 0 Å². The number of methoxy groups -OCH3 is 1. The fourth-order valence-electron chi connectivity index (χ4n) is 2.18. The van der Waals surface area contributed by atoms with E-state index in [-0.39, 0.29) is 11.0 Å². The summed E-state index contributed by atoms with van der Waals surface area (Å²) >= 11 is 3.82. The second-order valence-electron chi connectivity index (χ2n) is 6.09. The molecule has 1 aliphatic rings. The zero-order valence-corrected chi connectivity index (χ0v) is 13.9. The van der Waals surface area contributed by atoms with Crippen LogP contribution in [0.25, 0.3) is 0 Å². The van der Waals surface area contributed by atoms with Crippen molar-refractivity contribution in [3.05, 3.63) is 16.1 Å². The number of ether oxygens (including phenoxy) is 1. The van der Waals surface area contributed by atoms with E-state index in [0.29, 0.717) is 0 Å². The van der Waals surface area contributed by atoms with Crippen LogP contribution in [0.5, 0.6) is 0 Å². The number of hydrogen-bond acceptors (Lipinski definition) is 5. The van der Waals surface area contributed by atoms with E-state index >= 15 is 0 Å². The van der Waals surface area contributed by atoms with Gasteiger partial charge in [-0.3, -0.25) is 0 Å². The van der Waals surface area contributed by atoms with Gasteiger partial charge in [-0.2, -0.15) is 11.8 Å². The summed E-state index contributed by atoms with van der Waals surface area (Å²) in [6.45, 7) is 8.31. The molecule has 19 heavy (non-hydrogen) atoms. The van der Waals surface area contributed by atoms with Crippen molar-refractivity contribution in [1.82, 2.24) is 10.3 Å². The molecule has 0 saturated carbocycles. The molecule has 0 bridgehead atoms. The summed E-state index contributed by atoms with van der Waals surface area (Å²) in [6.07, 6.45) is 1.17. The van der Waals surface area contributed by atoms with Gasteiger partial charge in [-0.15, -0.1) is 11.3 Å². The average Bonchev–Trinajstić information content (AvgIpc) is 2.97. The largest absolute Gasteiger partial charge is 0.383 e. The van der Waals surface area contributed by atoms with Gasteiger partial charge in [0.15, 0.2) is 0 Å². The summed E-state index contributed by atoms with van der Waals surface area (Å²) < 4.78 is 5.16. The van der Waals surface area contributed by atoms with Gasteiger partial charge in [0, 0.05) is 30.2 Å². The van der Waals surface area contributed by atoms with Crippen LogP contribution in [0.4, 0.5) is 0 Å². The minimum atomic E-state index is 0.0668. The summed E-state index contributed by atoms with van der Waals surface area (Å²) in [6, 6.07) is 0. The summed E-state index contributed by atoms with van der Waals surface area (Å²) in [4.78, 5) is 4.92. The van der Waals surface area contributed by atoms with Crippen LogP contribution in [0, 0.1) is 0 Å². The molecule has 1 aliphatic heterocycles. The minimum Gasteiger partial charge on any atom is -0.383 e. The zero-order valence-electron chi connectivity index (χ0n) is 12.3. The van der Waals surface area contributed by atoms with Crippen LogP contribution in [0.15, 0.2) is 5.38 Å². The van der Waals surface area contributed by atoms with Crippen LogP contribution in [0.1, 0.15) is 37.9 Å². The molecule has 0 aromatic carbocycles. The molecule has 0 radical (unpaired) electrons.